The van der Waals surface area contributed by atoms with Crippen molar-refractivity contribution in [2.75, 3.05) is 7.05 Å². The topological polar surface area (TPSA) is 35.6 Å². The molecule has 0 bridgehead atoms. The molecule has 1 atom stereocenters. The van der Waals surface area contributed by atoms with E-state index in [9.17, 15) is 18.0 Å². The quantitative estimate of drug-likeness (QED) is 0.764. The molecule has 1 aromatic rings. The second-order valence-corrected chi connectivity index (χ2v) is 8.88. The number of benzene rings is 1. The highest BCUT2D eigenvalue weighted by Crippen LogP contribution is 2.37. The Morgan fingerprint density at radius 2 is 2.00 bits per heavy atom. The maximum absolute atomic E-state index is 14.0. The summed E-state index contributed by atoms with van der Waals surface area (Å²) in [6.07, 6.45) is -0.833. The molecule has 7 heteroatoms. The van der Waals surface area contributed by atoms with Gasteiger partial charge in [-0.1, -0.05) is 44.5 Å². The lowest BCUT2D eigenvalue weighted by Gasteiger charge is -2.35. The number of rotatable bonds is 5. The highest BCUT2D eigenvalue weighted by Gasteiger charge is 2.54. The number of alkyl halides is 2. The first-order valence-electron chi connectivity index (χ1n) is 9.55. The van der Waals surface area contributed by atoms with Crippen molar-refractivity contribution >= 4 is 5.91 Å². The molecule has 0 aromatic heterocycles. The molecule has 0 radical (unpaired) electrons. The lowest BCUT2D eigenvalue weighted by molar-refractivity contribution is -0.145. The molecule has 0 spiro atoms. The average molecular weight is 395 g/mol. The van der Waals surface area contributed by atoms with Crippen molar-refractivity contribution in [3.8, 4) is 0 Å². The maximum atomic E-state index is 14.0. The normalized spacial score (nSPS) is 22.6. The van der Waals surface area contributed by atoms with Crippen LogP contribution in [0.5, 0.6) is 0 Å². The van der Waals surface area contributed by atoms with E-state index >= 15 is 0 Å². The van der Waals surface area contributed by atoms with E-state index in [2.05, 4.69) is 26.2 Å². The molecule has 1 saturated carbocycles. The van der Waals surface area contributed by atoms with Crippen molar-refractivity contribution in [2.45, 2.75) is 70.5 Å². The molecule has 1 N–H and O–H groups in total. The number of nitrogens with zero attached hydrogens (tertiary/aromatic N) is 2. The number of hydrogen-bond acceptors (Lipinski definition) is 3. The third kappa shape index (κ3) is 3.77. The number of amides is 1. The highest BCUT2D eigenvalue weighted by molar-refractivity contribution is 5.90. The van der Waals surface area contributed by atoms with Crippen LogP contribution in [0.3, 0.4) is 0 Å². The summed E-state index contributed by atoms with van der Waals surface area (Å²) in [5, 5.41) is 0.836. The van der Waals surface area contributed by atoms with Crippen LogP contribution < -0.4 is 5.43 Å². The molecular formula is C21H28F3N3O. The van der Waals surface area contributed by atoms with Gasteiger partial charge in [0.1, 0.15) is 0 Å². The third-order valence-corrected chi connectivity index (χ3v) is 5.38. The van der Waals surface area contributed by atoms with Crippen molar-refractivity contribution in [3.05, 3.63) is 46.9 Å². The van der Waals surface area contributed by atoms with Crippen LogP contribution in [0.25, 0.3) is 0 Å². The zero-order valence-corrected chi connectivity index (χ0v) is 17.0. The van der Waals surface area contributed by atoms with Crippen LogP contribution in [0.15, 0.2) is 30.2 Å². The molecule has 1 aliphatic carbocycles. The lowest BCUT2D eigenvalue weighted by Crippen LogP contribution is -2.61. The van der Waals surface area contributed by atoms with Crippen LogP contribution in [-0.4, -0.2) is 40.9 Å². The molecule has 1 fully saturated rings. The second-order valence-electron chi connectivity index (χ2n) is 8.88. The van der Waals surface area contributed by atoms with E-state index in [4.69, 9.17) is 0 Å². The molecule has 28 heavy (non-hydrogen) atoms. The number of carbonyl (C=O) groups excluding carboxylic acids is 1. The first-order valence-corrected chi connectivity index (χ1v) is 9.55. The van der Waals surface area contributed by atoms with Gasteiger partial charge in [0.05, 0.1) is 0 Å². The third-order valence-electron chi connectivity index (χ3n) is 5.38. The average Bonchev–Trinajstić information content (AvgIpc) is 3.37. The van der Waals surface area contributed by atoms with Crippen molar-refractivity contribution in [1.29, 1.82) is 0 Å². The summed E-state index contributed by atoms with van der Waals surface area (Å²) in [6, 6.07) is 5.95. The van der Waals surface area contributed by atoms with Gasteiger partial charge in [0, 0.05) is 25.7 Å². The van der Waals surface area contributed by atoms with E-state index in [-0.39, 0.29) is 18.0 Å². The predicted molar refractivity (Wildman–Crippen MR) is 102 cm³/mol. The Morgan fingerprint density at radius 3 is 2.46 bits per heavy atom. The summed E-state index contributed by atoms with van der Waals surface area (Å²) >= 11 is 0. The van der Waals surface area contributed by atoms with Gasteiger partial charge in [0.15, 0.2) is 5.54 Å². The van der Waals surface area contributed by atoms with E-state index in [0.717, 1.165) is 34.5 Å². The van der Waals surface area contributed by atoms with Crippen LogP contribution in [-0.2, 0) is 16.8 Å². The van der Waals surface area contributed by atoms with Gasteiger partial charge in [-0.05, 0) is 36.3 Å². The van der Waals surface area contributed by atoms with Gasteiger partial charge in [-0.3, -0.25) is 9.80 Å². The van der Waals surface area contributed by atoms with Gasteiger partial charge in [-0.2, -0.15) is 4.39 Å². The largest absolute Gasteiger partial charge is 0.333 e. The van der Waals surface area contributed by atoms with Crippen molar-refractivity contribution < 1.29 is 18.0 Å². The Balaban J connectivity index is 1.98. The van der Waals surface area contributed by atoms with Crippen LogP contribution >= 0.6 is 0 Å². The van der Waals surface area contributed by atoms with Crippen molar-refractivity contribution in [2.24, 2.45) is 0 Å². The first kappa shape index (κ1) is 20.7. The zero-order chi connectivity index (χ0) is 20.9. The maximum Gasteiger partial charge on any atom is 0.270 e. The van der Waals surface area contributed by atoms with Gasteiger partial charge < -0.3 is 4.90 Å². The number of halogens is 3. The van der Waals surface area contributed by atoms with Crippen LogP contribution in [0.1, 0.15) is 50.3 Å². The highest BCUT2D eigenvalue weighted by atomic mass is 19.3. The van der Waals surface area contributed by atoms with Crippen molar-refractivity contribution in [3.63, 3.8) is 0 Å². The Bertz CT molecular complexity index is 799. The number of aryl methyl sites for hydroxylation is 1. The molecule has 2 aliphatic rings. The fraction of sp³-hybridized carbons (Fsp3) is 0.571. The minimum atomic E-state index is -3.07. The lowest BCUT2D eigenvalue weighted by atomic mass is 9.83. The summed E-state index contributed by atoms with van der Waals surface area (Å²) in [5.74, 6) is -1.67. The van der Waals surface area contributed by atoms with E-state index in [1.165, 1.54) is 11.9 Å². The number of hydrazine groups is 1. The zero-order valence-electron chi connectivity index (χ0n) is 17.0. The standard InChI is InChI=1S/C21H28F3N3O/c1-13-6-9-16(20(2,3)4)14(10-13)12-27(15-7-8-15)19(28)21(18(23)24)11-17(22)26(5)25-21/h6,9-11,15,18,25H,7-8,12H2,1-5H3. The molecule has 1 amide bonds. The van der Waals surface area contributed by atoms with Crippen LogP contribution in [0, 0.1) is 6.92 Å². The minimum Gasteiger partial charge on any atom is -0.333 e. The Labute approximate surface area is 164 Å². The SMILES string of the molecule is Cc1ccc(C(C)(C)C)c(CN(C(=O)C2(C(F)F)C=C(F)N(C)N2)C2CC2)c1. The summed E-state index contributed by atoms with van der Waals surface area (Å²) in [7, 11) is 1.28. The van der Waals surface area contributed by atoms with E-state index in [1.54, 1.807) is 0 Å². The molecule has 154 valence electrons. The molecule has 1 unspecified atom stereocenters. The number of nitrogens with one attached hydrogen (secondary N) is 1. The van der Waals surface area contributed by atoms with E-state index in [0.29, 0.717) is 6.08 Å². The molecule has 3 rings (SSSR count). The molecule has 1 heterocycles. The minimum absolute atomic E-state index is 0.0966. The van der Waals surface area contributed by atoms with Gasteiger partial charge in [0.2, 0.25) is 5.95 Å². The molecule has 1 aromatic carbocycles. The summed E-state index contributed by atoms with van der Waals surface area (Å²) in [6.45, 7) is 8.43. The Morgan fingerprint density at radius 1 is 1.36 bits per heavy atom. The van der Waals surface area contributed by atoms with Gasteiger partial charge in [0.25, 0.3) is 12.3 Å². The molecular weight excluding hydrogens is 367 g/mol. The Hall–Kier alpha value is -2.02. The smallest absolute Gasteiger partial charge is 0.270 e. The molecule has 1 aliphatic heterocycles. The number of hydrogen-bond donors (Lipinski definition) is 1. The summed E-state index contributed by atoms with van der Waals surface area (Å²) < 4.78 is 41.9. The van der Waals surface area contributed by atoms with Crippen LogP contribution in [0.4, 0.5) is 13.2 Å². The fourth-order valence-corrected chi connectivity index (χ4v) is 3.72. The van der Waals surface area contributed by atoms with E-state index < -0.39 is 23.8 Å². The number of carbonyl (C=O) groups is 1. The second kappa shape index (κ2) is 7.10. The molecule has 4 nitrogen and oxygen atoms in total. The Kier molecular flexibility index (Phi) is 5.25. The van der Waals surface area contributed by atoms with Gasteiger partial charge in [-0.15, -0.1) is 0 Å². The first-order chi connectivity index (χ1) is 13.0. The fourth-order valence-electron chi connectivity index (χ4n) is 3.72. The van der Waals surface area contributed by atoms with E-state index in [1.807, 2.05) is 25.1 Å². The predicted octanol–water partition coefficient (Wildman–Crippen LogP) is 4.05. The van der Waals surface area contributed by atoms with Gasteiger partial charge >= 0.3 is 0 Å². The molecule has 0 saturated heterocycles. The summed E-state index contributed by atoms with van der Waals surface area (Å²) in [4.78, 5) is 14.8. The van der Waals surface area contributed by atoms with Crippen LogP contribution in [0.2, 0.25) is 0 Å². The van der Waals surface area contributed by atoms with Crippen molar-refractivity contribution in [1.82, 2.24) is 15.3 Å². The monoisotopic (exact) mass is 395 g/mol. The van der Waals surface area contributed by atoms with Gasteiger partial charge in [-0.25, -0.2) is 14.2 Å². The summed E-state index contributed by atoms with van der Waals surface area (Å²) in [5.41, 5.74) is 2.87.